The van der Waals surface area contributed by atoms with E-state index in [4.69, 9.17) is 43.8 Å². The summed E-state index contributed by atoms with van der Waals surface area (Å²) in [4.78, 5) is 46.0. The number of hydrogen-bond acceptors (Lipinski definition) is 18. The predicted octanol–water partition coefficient (Wildman–Crippen LogP) is -0.996. The molecule has 7 N–H and O–H groups in total. The van der Waals surface area contributed by atoms with Crippen molar-refractivity contribution in [1.82, 2.24) is 39.0 Å². The second-order valence-electron chi connectivity index (χ2n) is 10.9. The largest absolute Gasteiger partial charge is 0.472 e. The average molecular weight is 702 g/mol. The molecule has 4 fully saturated rings. The van der Waals surface area contributed by atoms with E-state index >= 15 is 0 Å². The Morgan fingerprint density at radius 3 is 2.57 bits per heavy atom. The van der Waals surface area contributed by atoms with E-state index in [2.05, 4.69) is 42.2 Å². The van der Waals surface area contributed by atoms with E-state index in [0.717, 1.165) is 6.33 Å². The summed E-state index contributed by atoms with van der Waals surface area (Å²) in [7, 11) is -5.06. The molecule has 4 aromatic heterocycles. The van der Waals surface area contributed by atoms with Crippen LogP contribution in [0.5, 0.6) is 0 Å². The van der Waals surface area contributed by atoms with Crippen molar-refractivity contribution in [2.45, 2.75) is 48.6 Å². The molecule has 0 spiro atoms. The quantitative estimate of drug-likeness (QED) is 0.108. The van der Waals surface area contributed by atoms with E-state index < -0.39 is 82.0 Å². The lowest BCUT2D eigenvalue weighted by Crippen LogP contribution is -2.45. The zero-order valence-electron chi connectivity index (χ0n) is 23.0. The number of aromatic nitrogens is 8. The Bertz CT molecular complexity index is 2030. The highest BCUT2D eigenvalue weighted by molar-refractivity contribution is 8.44. The summed E-state index contributed by atoms with van der Waals surface area (Å²) in [5.41, 5.74) is 9.68. The molecule has 10 atom stereocenters. The summed E-state index contributed by atoms with van der Waals surface area (Å²) in [6, 6.07) is 0. The zero-order chi connectivity index (χ0) is 32.2. The number of aliphatic hydroxyl groups is 1. The van der Waals surface area contributed by atoms with E-state index in [9.17, 15) is 23.9 Å². The summed E-state index contributed by atoms with van der Waals surface area (Å²) in [6.07, 6.45) is -5.49. The third kappa shape index (κ3) is 4.78. The minimum Gasteiger partial charge on any atom is -0.387 e. The van der Waals surface area contributed by atoms with Gasteiger partial charge in [-0.3, -0.25) is 37.0 Å². The minimum atomic E-state index is -5.06. The van der Waals surface area contributed by atoms with Crippen LogP contribution in [0.2, 0.25) is 0 Å². The van der Waals surface area contributed by atoms with Gasteiger partial charge in [-0.1, -0.05) is 12.2 Å². The Morgan fingerprint density at radius 1 is 1.00 bits per heavy atom. The summed E-state index contributed by atoms with van der Waals surface area (Å²) in [5.74, 6) is -0.131. The molecule has 8 heterocycles. The van der Waals surface area contributed by atoms with E-state index in [-0.39, 0.29) is 35.1 Å². The lowest BCUT2D eigenvalue weighted by Gasteiger charge is -2.32. The number of nitrogens with two attached hydrogens (primary N) is 2. The van der Waals surface area contributed by atoms with Crippen molar-refractivity contribution < 1.29 is 51.4 Å². The number of phosphoric acid groups is 1. The van der Waals surface area contributed by atoms with Crippen LogP contribution in [-0.2, 0) is 41.4 Å². The van der Waals surface area contributed by atoms with Crippen LogP contribution >= 0.6 is 26.9 Å². The van der Waals surface area contributed by atoms with Crippen LogP contribution in [0.1, 0.15) is 12.5 Å². The Kier molecular flexibility index (Phi) is 6.90. The minimum absolute atomic E-state index is 0.0769. The van der Waals surface area contributed by atoms with Crippen molar-refractivity contribution in [3.8, 4) is 0 Å². The van der Waals surface area contributed by atoms with Gasteiger partial charge in [-0.05, 0) is 0 Å². The molecule has 0 saturated carbocycles. The second-order valence-corrected chi connectivity index (χ2v) is 15.1. The molecule has 4 aromatic rings. The van der Waals surface area contributed by atoms with Crippen molar-refractivity contribution in [2.75, 3.05) is 31.3 Å². The third-order valence-electron chi connectivity index (χ3n) is 8.05. The van der Waals surface area contributed by atoms with Crippen molar-refractivity contribution in [3.63, 3.8) is 0 Å². The molecule has 246 valence electrons. The van der Waals surface area contributed by atoms with Gasteiger partial charge in [0.05, 0.1) is 32.5 Å². The molecule has 25 heteroatoms. The Morgan fingerprint density at radius 2 is 1.76 bits per heavy atom. The maximum atomic E-state index is 13.6. The van der Waals surface area contributed by atoms with Crippen LogP contribution < -0.4 is 17.0 Å². The van der Waals surface area contributed by atoms with E-state index in [1.807, 2.05) is 0 Å². The topological polar surface area (TPSA) is 298 Å². The van der Waals surface area contributed by atoms with Crippen LogP contribution in [0.4, 0.5) is 11.8 Å². The number of H-pyrrole nitrogens is 1. The first kappa shape index (κ1) is 30.3. The highest BCUT2D eigenvalue weighted by Crippen LogP contribution is 2.61. The maximum absolute atomic E-state index is 13.6. The monoisotopic (exact) mass is 702 g/mol. The summed E-state index contributed by atoms with van der Waals surface area (Å²) < 4.78 is 70.1. The summed E-state index contributed by atoms with van der Waals surface area (Å²) in [5, 5.41) is 11.1. The number of ether oxygens (including phenoxy) is 3. The van der Waals surface area contributed by atoms with Crippen LogP contribution in [-0.4, -0.2) is 105 Å². The first-order valence-corrected chi connectivity index (χ1v) is 17.6. The van der Waals surface area contributed by atoms with Gasteiger partial charge in [-0.15, -0.1) is 0 Å². The average Bonchev–Trinajstić information content (AvgIpc) is 3.80. The second kappa shape index (κ2) is 10.5. The molecule has 22 nitrogen and oxygen atoms in total. The number of fused-ring (bicyclic) bond motifs is 4. The van der Waals surface area contributed by atoms with Crippen molar-refractivity contribution >= 4 is 61.0 Å². The molecule has 4 saturated heterocycles. The standard InChI is InChI=1S/C21H24N10O12P2S/c22-14-8-15(25-4-24-14)30(5-26-8)19-12-13-21(41-19,2-37-12)3-39-44(34,35)42-11-10(32)7(1-38-45(36,46)43-13)40-18(11)31-6-27-9-16(31)28-20(23)29-17(9)33/h4-7,10-13,18-19,32H,1-3H2,(H,34,35)(H,36,46)(H2,22,24,25)(H3,23,28,29,33)/t7?,10?,11?,12?,13?,18?,19?,21?,45-/m1/s1. The summed E-state index contributed by atoms with van der Waals surface area (Å²) >= 11 is 4.13. The molecular formula is C21H24N10O12P2S. The highest BCUT2D eigenvalue weighted by atomic mass is 32.7. The fourth-order valence-electron chi connectivity index (χ4n) is 5.97. The number of phosphoric ester groups is 1. The molecule has 4 aliphatic heterocycles. The fourth-order valence-corrected chi connectivity index (χ4v) is 8.45. The Hall–Kier alpha value is -3.05. The summed E-state index contributed by atoms with van der Waals surface area (Å²) in [6.45, 7) is -5.79. The number of rotatable bonds is 2. The Balaban J connectivity index is 1.14. The van der Waals surface area contributed by atoms with Crippen LogP contribution in [0.3, 0.4) is 0 Å². The molecule has 0 aromatic carbocycles. The number of aromatic amines is 1. The van der Waals surface area contributed by atoms with Crippen molar-refractivity contribution in [1.29, 1.82) is 0 Å². The van der Waals surface area contributed by atoms with Crippen LogP contribution in [0.25, 0.3) is 22.3 Å². The Labute approximate surface area is 260 Å². The van der Waals surface area contributed by atoms with Gasteiger partial charge in [0, 0.05) is 0 Å². The SMILES string of the molecule is Nc1nc2c(ncn2C2OC3CO[P@@](=O)(S)OC4C5OCC4(COP(=O)(O)OC2C3O)OC5n2cnc3c(N)ncnc32)c(=O)[nH]1. The van der Waals surface area contributed by atoms with Crippen LogP contribution in [0.15, 0.2) is 23.8 Å². The van der Waals surface area contributed by atoms with E-state index in [1.165, 1.54) is 21.8 Å². The number of anilines is 2. The molecule has 46 heavy (non-hydrogen) atoms. The molecular weight excluding hydrogens is 678 g/mol. The molecule has 4 bridgehead atoms. The number of nitrogens with zero attached hydrogens (tertiary/aromatic N) is 7. The van der Waals surface area contributed by atoms with Gasteiger partial charge in [0.25, 0.3) is 5.56 Å². The van der Waals surface area contributed by atoms with Gasteiger partial charge in [0.15, 0.2) is 35.1 Å². The number of aliphatic hydroxyl groups excluding tert-OH is 1. The molecule has 4 aliphatic rings. The van der Waals surface area contributed by atoms with Gasteiger partial charge in [0.1, 0.15) is 48.0 Å². The van der Waals surface area contributed by atoms with Crippen molar-refractivity contribution in [2.24, 2.45) is 0 Å². The molecule has 9 unspecified atom stereocenters. The molecule has 0 amide bonds. The van der Waals surface area contributed by atoms with Gasteiger partial charge in [-0.2, -0.15) is 4.98 Å². The van der Waals surface area contributed by atoms with E-state index in [1.54, 1.807) is 0 Å². The van der Waals surface area contributed by atoms with Crippen LogP contribution in [0, 0.1) is 0 Å². The smallest absolute Gasteiger partial charge is 0.387 e. The number of imidazole rings is 2. The third-order valence-corrected chi connectivity index (χ3v) is 10.6. The molecule has 0 radical (unpaired) electrons. The first-order valence-electron chi connectivity index (χ1n) is 13.4. The lowest BCUT2D eigenvalue weighted by atomic mass is 10.0. The fraction of sp³-hybridized carbons (Fsp3) is 0.524. The highest BCUT2D eigenvalue weighted by Gasteiger charge is 2.66. The molecule has 8 rings (SSSR count). The lowest BCUT2D eigenvalue weighted by molar-refractivity contribution is -0.184. The maximum Gasteiger partial charge on any atom is 0.472 e. The predicted molar refractivity (Wildman–Crippen MR) is 153 cm³/mol. The number of nitrogen functional groups attached to an aromatic ring is 2. The number of nitrogens with one attached hydrogen (secondary N) is 1. The number of thiol groups is 1. The van der Waals surface area contributed by atoms with E-state index in [0.29, 0.717) is 5.65 Å². The number of hydrogen-bond donors (Lipinski definition) is 6. The van der Waals surface area contributed by atoms with Gasteiger partial charge < -0.3 is 35.7 Å². The van der Waals surface area contributed by atoms with Gasteiger partial charge in [0.2, 0.25) is 5.95 Å². The van der Waals surface area contributed by atoms with Gasteiger partial charge >= 0.3 is 14.6 Å². The normalized spacial score (nSPS) is 39.7. The molecule has 0 aliphatic carbocycles. The van der Waals surface area contributed by atoms with Gasteiger partial charge in [-0.25, -0.2) is 29.1 Å². The zero-order valence-corrected chi connectivity index (χ0v) is 25.7. The first-order chi connectivity index (χ1) is 21.8. The van der Waals surface area contributed by atoms with Crippen molar-refractivity contribution in [3.05, 3.63) is 29.3 Å².